The molecule has 0 saturated carbocycles. The van der Waals surface area contributed by atoms with Gasteiger partial charge in [-0.2, -0.15) is 10.4 Å². The summed E-state index contributed by atoms with van der Waals surface area (Å²) in [7, 11) is 0. The number of aromatic nitrogens is 2. The molecule has 0 spiro atoms. The zero-order valence-electron chi connectivity index (χ0n) is 10.4. The monoisotopic (exact) mass is 238 g/mol. The van der Waals surface area contributed by atoms with Gasteiger partial charge in [0.1, 0.15) is 6.07 Å². The van der Waals surface area contributed by atoms with E-state index in [0.29, 0.717) is 17.3 Å². The Labute approximate surface area is 106 Å². The van der Waals surface area contributed by atoms with Gasteiger partial charge in [0.05, 0.1) is 11.8 Å². The van der Waals surface area contributed by atoms with Crippen molar-refractivity contribution in [1.29, 1.82) is 5.26 Å². The Morgan fingerprint density at radius 3 is 2.50 bits per heavy atom. The SMILES string of the molecule is CC(C)c1ccc(Nc2nnccc2C#N)cc1. The van der Waals surface area contributed by atoms with Crippen LogP contribution in [0, 0.1) is 11.3 Å². The molecule has 1 aromatic heterocycles. The largest absolute Gasteiger partial charge is 0.338 e. The number of nitriles is 1. The summed E-state index contributed by atoms with van der Waals surface area (Å²) in [5.74, 6) is 0.988. The summed E-state index contributed by atoms with van der Waals surface area (Å²) < 4.78 is 0. The predicted molar refractivity (Wildman–Crippen MR) is 70.6 cm³/mol. The van der Waals surface area contributed by atoms with Gasteiger partial charge in [-0.05, 0) is 29.7 Å². The molecular weight excluding hydrogens is 224 g/mol. The second kappa shape index (κ2) is 5.28. The van der Waals surface area contributed by atoms with E-state index in [1.807, 2.05) is 12.1 Å². The summed E-state index contributed by atoms with van der Waals surface area (Å²) in [6.45, 7) is 4.30. The zero-order valence-corrected chi connectivity index (χ0v) is 10.4. The van der Waals surface area contributed by atoms with E-state index in [1.165, 1.54) is 11.8 Å². The average Bonchev–Trinajstić information content (AvgIpc) is 2.40. The van der Waals surface area contributed by atoms with Gasteiger partial charge in [-0.25, -0.2) is 0 Å². The van der Waals surface area contributed by atoms with Crippen molar-refractivity contribution in [3.05, 3.63) is 47.7 Å². The molecule has 0 amide bonds. The fraction of sp³-hybridized carbons (Fsp3) is 0.214. The minimum atomic E-state index is 0.484. The molecule has 0 atom stereocenters. The molecule has 0 fully saturated rings. The molecule has 90 valence electrons. The normalized spacial score (nSPS) is 10.1. The van der Waals surface area contributed by atoms with Crippen molar-refractivity contribution in [2.24, 2.45) is 0 Å². The number of hydrogen-bond donors (Lipinski definition) is 1. The predicted octanol–water partition coefficient (Wildman–Crippen LogP) is 3.22. The second-order valence-corrected chi connectivity index (χ2v) is 4.31. The van der Waals surface area contributed by atoms with Crippen molar-refractivity contribution in [2.75, 3.05) is 5.32 Å². The van der Waals surface area contributed by atoms with Crippen LogP contribution in [0.4, 0.5) is 11.5 Å². The second-order valence-electron chi connectivity index (χ2n) is 4.31. The van der Waals surface area contributed by atoms with Crippen molar-refractivity contribution in [2.45, 2.75) is 19.8 Å². The third kappa shape index (κ3) is 2.64. The maximum atomic E-state index is 8.96. The number of anilines is 2. The van der Waals surface area contributed by atoms with E-state index in [1.54, 1.807) is 6.07 Å². The Kier molecular flexibility index (Phi) is 3.54. The van der Waals surface area contributed by atoms with Gasteiger partial charge < -0.3 is 5.32 Å². The van der Waals surface area contributed by atoms with Crippen LogP contribution in [0.3, 0.4) is 0 Å². The summed E-state index contributed by atoms with van der Waals surface area (Å²) in [5, 5.41) is 19.7. The smallest absolute Gasteiger partial charge is 0.171 e. The van der Waals surface area contributed by atoms with Crippen LogP contribution in [0.1, 0.15) is 30.9 Å². The van der Waals surface area contributed by atoms with Gasteiger partial charge in [-0.1, -0.05) is 26.0 Å². The first-order valence-electron chi connectivity index (χ1n) is 5.79. The molecule has 18 heavy (non-hydrogen) atoms. The van der Waals surface area contributed by atoms with Gasteiger partial charge in [0, 0.05) is 5.69 Å². The Hall–Kier alpha value is -2.41. The van der Waals surface area contributed by atoms with Crippen LogP contribution in [0.25, 0.3) is 0 Å². The van der Waals surface area contributed by atoms with Gasteiger partial charge in [-0.3, -0.25) is 0 Å². The van der Waals surface area contributed by atoms with Crippen LogP contribution in [-0.4, -0.2) is 10.2 Å². The number of benzene rings is 1. The molecule has 1 heterocycles. The van der Waals surface area contributed by atoms with E-state index in [0.717, 1.165) is 5.69 Å². The molecule has 4 heteroatoms. The maximum Gasteiger partial charge on any atom is 0.171 e. The Morgan fingerprint density at radius 1 is 1.17 bits per heavy atom. The minimum Gasteiger partial charge on any atom is -0.338 e. The number of hydrogen-bond acceptors (Lipinski definition) is 4. The van der Waals surface area contributed by atoms with E-state index in [-0.39, 0.29) is 0 Å². The lowest BCUT2D eigenvalue weighted by Crippen LogP contribution is -1.98. The fourth-order valence-corrected chi connectivity index (χ4v) is 1.60. The minimum absolute atomic E-state index is 0.484. The highest BCUT2D eigenvalue weighted by atomic mass is 15.2. The zero-order chi connectivity index (χ0) is 13.0. The van der Waals surface area contributed by atoms with Crippen LogP contribution in [0.15, 0.2) is 36.5 Å². The van der Waals surface area contributed by atoms with Crippen molar-refractivity contribution in [3.8, 4) is 6.07 Å². The topological polar surface area (TPSA) is 61.6 Å². The molecule has 0 radical (unpaired) electrons. The highest BCUT2D eigenvalue weighted by Crippen LogP contribution is 2.20. The Bertz CT molecular complexity index is 567. The quantitative estimate of drug-likeness (QED) is 0.891. The van der Waals surface area contributed by atoms with E-state index < -0.39 is 0 Å². The molecule has 1 aromatic carbocycles. The third-order valence-corrected chi connectivity index (χ3v) is 2.68. The molecule has 1 N–H and O–H groups in total. The molecule has 0 saturated heterocycles. The highest BCUT2D eigenvalue weighted by Gasteiger charge is 2.04. The van der Waals surface area contributed by atoms with Gasteiger partial charge in [-0.15, -0.1) is 5.10 Å². The molecule has 0 bridgehead atoms. The van der Waals surface area contributed by atoms with Crippen LogP contribution in [0.2, 0.25) is 0 Å². The first-order chi connectivity index (χ1) is 8.70. The Balaban J connectivity index is 2.22. The summed E-state index contributed by atoms with van der Waals surface area (Å²) >= 11 is 0. The van der Waals surface area contributed by atoms with E-state index in [9.17, 15) is 0 Å². The third-order valence-electron chi connectivity index (χ3n) is 2.68. The fourth-order valence-electron chi connectivity index (χ4n) is 1.60. The molecule has 4 nitrogen and oxygen atoms in total. The maximum absolute atomic E-state index is 8.96. The van der Waals surface area contributed by atoms with Crippen LogP contribution >= 0.6 is 0 Å². The molecule has 2 rings (SSSR count). The van der Waals surface area contributed by atoms with E-state index in [2.05, 4.69) is 47.6 Å². The number of nitrogens with zero attached hydrogens (tertiary/aromatic N) is 3. The summed E-state index contributed by atoms with van der Waals surface area (Å²) in [6, 6.07) is 11.8. The van der Waals surface area contributed by atoms with Crippen molar-refractivity contribution in [3.63, 3.8) is 0 Å². The molecular formula is C14H14N4. The van der Waals surface area contributed by atoms with Gasteiger partial charge in [0.15, 0.2) is 5.82 Å². The van der Waals surface area contributed by atoms with Gasteiger partial charge in [0.2, 0.25) is 0 Å². The highest BCUT2D eigenvalue weighted by molar-refractivity contribution is 5.62. The molecule has 0 unspecified atom stereocenters. The molecule has 0 aliphatic rings. The average molecular weight is 238 g/mol. The molecule has 0 aliphatic heterocycles. The van der Waals surface area contributed by atoms with Crippen molar-refractivity contribution < 1.29 is 0 Å². The van der Waals surface area contributed by atoms with Crippen LogP contribution in [-0.2, 0) is 0 Å². The molecule has 0 aliphatic carbocycles. The van der Waals surface area contributed by atoms with E-state index >= 15 is 0 Å². The van der Waals surface area contributed by atoms with Gasteiger partial charge in [0.25, 0.3) is 0 Å². The van der Waals surface area contributed by atoms with Crippen LogP contribution < -0.4 is 5.32 Å². The van der Waals surface area contributed by atoms with E-state index in [4.69, 9.17) is 5.26 Å². The molecule has 2 aromatic rings. The number of rotatable bonds is 3. The summed E-state index contributed by atoms with van der Waals surface area (Å²) in [4.78, 5) is 0. The lowest BCUT2D eigenvalue weighted by atomic mass is 10.0. The lowest BCUT2D eigenvalue weighted by molar-refractivity contribution is 0.867. The Morgan fingerprint density at radius 2 is 1.89 bits per heavy atom. The van der Waals surface area contributed by atoms with Gasteiger partial charge >= 0.3 is 0 Å². The standard InChI is InChI=1S/C14H14N4/c1-10(2)11-3-5-13(6-4-11)17-14-12(9-15)7-8-16-18-14/h3-8,10H,1-2H3,(H,17,18). The summed E-state index contributed by atoms with van der Waals surface area (Å²) in [6.07, 6.45) is 1.51. The van der Waals surface area contributed by atoms with Crippen molar-refractivity contribution in [1.82, 2.24) is 10.2 Å². The lowest BCUT2D eigenvalue weighted by Gasteiger charge is -2.08. The van der Waals surface area contributed by atoms with Crippen LogP contribution in [0.5, 0.6) is 0 Å². The first-order valence-corrected chi connectivity index (χ1v) is 5.79. The first kappa shape index (κ1) is 12.1. The van der Waals surface area contributed by atoms with Crippen molar-refractivity contribution >= 4 is 11.5 Å². The summed E-state index contributed by atoms with van der Waals surface area (Å²) in [5.41, 5.74) is 2.66. The number of nitrogens with one attached hydrogen (secondary N) is 1.